The highest BCUT2D eigenvalue weighted by Gasteiger charge is 2.37. The molecule has 3 rings (SSSR count). The molecule has 0 spiro atoms. The van der Waals surface area contributed by atoms with Gasteiger partial charge in [-0.05, 0) is 52.0 Å². The zero-order valence-electron chi connectivity index (χ0n) is 16.4. The van der Waals surface area contributed by atoms with E-state index in [0.29, 0.717) is 12.1 Å². The monoisotopic (exact) mass is 359 g/mol. The van der Waals surface area contributed by atoms with Gasteiger partial charge in [0.1, 0.15) is 5.69 Å². The molecule has 1 aliphatic carbocycles. The second-order valence-electron chi connectivity index (χ2n) is 8.26. The third-order valence-electron chi connectivity index (χ3n) is 6.58. The smallest absolute Gasteiger partial charge is 0.292 e. The van der Waals surface area contributed by atoms with Crippen molar-refractivity contribution in [3.05, 3.63) is 34.4 Å². The maximum atomic E-state index is 11.4. The molecule has 5 heteroatoms. The summed E-state index contributed by atoms with van der Waals surface area (Å²) < 4.78 is 0. The lowest BCUT2D eigenvalue weighted by atomic mass is 9.92. The van der Waals surface area contributed by atoms with Crippen molar-refractivity contribution in [2.45, 2.75) is 89.4 Å². The maximum Gasteiger partial charge on any atom is 0.292 e. The fourth-order valence-electron chi connectivity index (χ4n) is 5.07. The van der Waals surface area contributed by atoms with E-state index < -0.39 is 0 Å². The summed E-state index contributed by atoms with van der Waals surface area (Å²) in [6.45, 7) is 4.59. The number of anilines is 1. The first-order valence-electron chi connectivity index (χ1n) is 10.2. The Morgan fingerprint density at radius 1 is 1.19 bits per heavy atom. The summed E-state index contributed by atoms with van der Waals surface area (Å²) in [6.07, 6.45) is 10.4. The molecule has 0 bridgehead atoms. The highest BCUT2D eigenvalue weighted by molar-refractivity contribution is 5.63. The van der Waals surface area contributed by atoms with Gasteiger partial charge < -0.3 is 4.90 Å². The average Bonchev–Trinajstić information content (AvgIpc) is 3.01. The first kappa shape index (κ1) is 19.2. The van der Waals surface area contributed by atoms with Gasteiger partial charge in [-0.2, -0.15) is 0 Å². The first-order chi connectivity index (χ1) is 12.5. The van der Waals surface area contributed by atoms with E-state index in [1.165, 1.54) is 44.9 Å². The molecule has 0 radical (unpaired) electrons. The lowest BCUT2D eigenvalue weighted by molar-refractivity contribution is -0.384. The van der Waals surface area contributed by atoms with Gasteiger partial charge in [-0.15, -0.1) is 0 Å². The number of nitro groups is 1. The van der Waals surface area contributed by atoms with Crippen molar-refractivity contribution in [2.75, 3.05) is 11.9 Å². The first-order valence-corrected chi connectivity index (χ1v) is 10.2. The zero-order valence-corrected chi connectivity index (χ0v) is 16.4. The Labute approximate surface area is 157 Å². The number of nitro benzene ring substituents is 1. The van der Waals surface area contributed by atoms with Gasteiger partial charge >= 0.3 is 0 Å². The molecule has 0 aromatic heterocycles. The summed E-state index contributed by atoms with van der Waals surface area (Å²) in [7, 11) is 2.00. The number of benzene rings is 1. The second-order valence-corrected chi connectivity index (χ2v) is 8.26. The van der Waals surface area contributed by atoms with Crippen LogP contribution in [0.1, 0.15) is 65.2 Å². The Morgan fingerprint density at radius 3 is 2.58 bits per heavy atom. The lowest BCUT2D eigenvalue weighted by Crippen LogP contribution is -2.46. The summed E-state index contributed by atoms with van der Waals surface area (Å²) >= 11 is 0. The molecule has 26 heavy (non-hydrogen) atoms. The van der Waals surface area contributed by atoms with E-state index in [1.807, 2.05) is 19.2 Å². The van der Waals surface area contributed by atoms with Crippen molar-refractivity contribution in [3.8, 4) is 0 Å². The van der Waals surface area contributed by atoms with E-state index in [4.69, 9.17) is 0 Å². The van der Waals surface area contributed by atoms with Crippen LogP contribution in [0, 0.1) is 10.1 Å². The van der Waals surface area contributed by atoms with Gasteiger partial charge in [0.25, 0.3) is 5.69 Å². The number of likely N-dealkylation sites (tertiary alicyclic amines) is 1. The molecule has 0 amide bonds. The molecule has 144 valence electrons. The van der Waals surface area contributed by atoms with Crippen molar-refractivity contribution in [1.29, 1.82) is 0 Å². The molecule has 3 atom stereocenters. The largest absolute Gasteiger partial charge is 0.366 e. The van der Waals surface area contributed by atoms with Gasteiger partial charge in [-0.3, -0.25) is 15.0 Å². The van der Waals surface area contributed by atoms with Crippen molar-refractivity contribution in [2.24, 2.45) is 0 Å². The number of hydrogen-bond acceptors (Lipinski definition) is 4. The molecule has 1 saturated carbocycles. The molecular formula is C21H33N3O2. The van der Waals surface area contributed by atoms with Crippen molar-refractivity contribution in [1.82, 2.24) is 4.90 Å². The third-order valence-corrected chi connectivity index (χ3v) is 6.58. The van der Waals surface area contributed by atoms with Crippen LogP contribution in [0.3, 0.4) is 0 Å². The lowest BCUT2D eigenvalue weighted by Gasteiger charge is -2.40. The van der Waals surface area contributed by atoms with Gasteiger partial charge in [0.05, 0.1) is 4.92 Å². The van der Waals surface area contributed by atoms with Gasteiger partial charge in [-0.1, -0.05) is 31.4 Å². The predicted molar refractivity (Wildman–Crippen MR) is 107 cm³/mol. The van der Waals surface area contributed by atoms with Crippen molar-refractivity contribution >= 4 is 11.4 Å². The average molecular weight is 360 g/mol. The Morgan fingerprint density at radius 2 is 1.88 bits per heavy atom. The quantitative estimate of drug-likeness (QED) is 0.530. The van der Waals surface area contributed by atoms with Crippen molar-refractivity contribution < 1.29 is 4.92 Å². The molecule has 2 aliphatic rings. The van der Waals surface area contributed by atoms with Crippen LogP contribution in [0.2, 0.25) is 0 Å². The fraction of sp³-hybridized carbons (Fsp3) is 0.714. The minimum absolute atomic E-state index is 0.200. The van der Waals surface area contributed by atoms with E-state index in [0.717, 1.165) is 18.2 Å². The SMILES string of the molecule is CC(CC1CCC(C)N1C1CCCCC1)N(C)c1ccccc1[N+](=O)[O-]. The Balaban J connectivity index is 1.70. The highest BCUT2D eigenvalue weighted by atomic mass is 16.6. The van der Waals surface area contributed by atoms with Crippen LogP contribution in [0.25, 0.3) is 0 Å². The van der Waals surface area contributed by atoms with Crippen LogP contribution in [-0.4, -0.2) is 41.0 Å². The van der Waals surface area contributed by atoms with E-state index in [2.05, 4.69) is 23.6 Å². The second kappa shape index (κ2) is 8.38. The molecule has 1 aromatic rings. The van der Waals surface area contributed by atoms with Crippen molar-refractivity contribution in [3.63, 3.8) is 0 Å². The predicted octanol–water partition coefficient (Wildman–Crippen LogP) is 5.00. The minimum atomic E-state index is -0.273. The van der Waals surface area contributed by atoms with E-state index in [1.54, 1.807) is 12.1 Å². The molecular weight excluding hydrogens is 326 g/mol. The third kappa shape index (κ3) is 4.03. The van der Waals surface area contributed by atoms with Crippen LogP contribution in [-0.2, 0) is 0 Å². The van der Waals surface area contributed by atoms with Crippen LogP contribution < -0.4 is 4.90 Å². The Hall–Kier alpha value is -1.62. The molecule has 3 unspecified atom stereocenters. The molecule has 1 aromatic carbocycles. The standard InChI is InChI=1S/C21H33N3O2/c1-16-13-14-19(23(16)18-9-5-4-6-10-18)15-17(2)22(3)20-11-7-8-12-21(20)24(25)26/h7-8,11-12,16-19H,4-6,9-10,13-15H2,1-3H3. The van der Waals surface area contributed by atoms with Gasteiger partial charge in [-0.25, -0.2) is 0 Å². The highest BCUT2D eigenvalue weighted by Crippen LogP contribution is 2.36. The number of rotatable bonds is 6. The maximum absolute atomic E-state index is 11.4. The summed E-state index contributed by atoms with van der Waals surface area (Å²) in [4.78, 5) is 16.0. The van der Waals surface area contributed by atoms with Crippen LogP contribution in [0.5, 0.6) is 0 Å². The van der Waals surface area contributed by atoms with Gasteiger partial charge in [0.15, 0.2) is 0 Å². The Kier molecular flexibility index (Phi) is 6.17. The van der Waals surface area contributed by atoms with E-state index in [9.17, 15) is 10.1 Å². The summed E-state index contributed by atoms with van der Waals surface area (Å²) in [5.41, 5.74) is 0.922. The fourth-order valence-corrected chi connectivity index (χ4v) is 5.07. The molecule has 1 aliphatic heterocycles. The summed E-state index contributed by atoms with van der Waals surface area (Å²) in [6, 6.07) is 9.39. The topological polar surface area (TPSA) is 49.6 Å². The van der Waals surface area contributed by atoms with E-state index in [-0.39, 0.29) is 16.7 Å². The Bertz CT molecular complexity index is 615. The molecule has 1 saturated heterocycles. The molecule has 2 fully saturated rings. The summed E-state index contributed by atoms with van der Waals surface area (Å²) in [5.74, 6) is 0. The normalized spacial score (nSPS) is 26.0. The zero-order chi connectivity index (χ0) is 18.7. The summed E-state index contributed by atoms with van der Waals surface area (Å²) in [5, 5.41) is 11.4. The number of hydrogen-bond donors (Lipinski definition) is 0. The van der Waals surface area contributed by atoms with Crippen LogP contribution in [0.4, 0.5) is 11.4 Å². The molecule has 0 N–H and O–H groups in total. The van der Waals surface area contributed by atoms with E-state index >= 15 is 0 Å². The number of nitrogens with zero attached hydrogens (tertiary/aromatic N) is 3. The number of para-hydroxylation sites is 2. The van der Waals surface area contributed by atoms with Crippen LogP contribution >= 0.6 is 0 Å². The minimum Gasteiger partial charge on any atom is -0.366 e. The molecule has 5 nitrogen and oxygen atoms in total. The van der Waals surface area contributed by atoms with Gasteiger partial charge in [0, 0.05) is 37.3 Å². The molecule has 1 heterocycles. The van der Waals surface area contributed by atoms with Crippen LogP contribution in [0.15, 0.2) is 24.3 Å². The van der Waals surface area contributed by atoms with Gasteiger partial charge in [0.2, 0.25) is 0 Å².